The molecule has 0 heterocycles. The first-order valence-corrected chi connectivity index (χ1v) is 9.50. The van der Waals surface area contributed by atoms with Crippen molar-refractivity contribution in [3.63, 3.8) is 0 Å². The molecule has 1 aromatic rings. The first-order chi connectivity index (χ1) is 12.4. The van der Waals surface area contributed by atoms with Crippen molar-refractivity contribution >= 4 is 17.3 Å². The number of quaternary nitrogens is 1. The number of nitrogens with zero attached hydrogens (tertiary/aromatic N) is 1. The van der Waals surface area contributed by atoms with Crippen LogP contribution in [-0.4, -0.2) is 22.9 Å². The van der Waals surface area contributed by atoms with E-state index in [-0.39, 0.29) is 17.6 Å². The van der Waals surface area contributed by atoms with Gasteiger partial charge in [0.05, 0.1) is 11.0 Å². The molecule has 1 amide bonds. The Morgan fingerprint density at radius 1 is 1.23 bits per heavy atom. The summed E-state index contributed by atoms with van der Waals surface area (Å²) in [7, 11) is 0. The zero-order valence-corrected chi connectivity index (χ0v) is 14.9. The third-order valence-electron chi connectivity index (χ3n) is 6.63. The summed E-state index contributed by atoms with van der Waals surface area (Å²) in [6.45, 7) is 1.87. The van der Waals surface area contributed by atoms with Gasteiger partial charge in [-0.3, -0.25) is 14.9 Å². The van der Waals surface area contributed by atoms with E-state index in [4.69, 9.17) is 0 Å². The molecule has 0 aliphatic heterocycles. The number of anilines is 1. The third kappa shape index (κ3) is 3.20. The number of halogens is 1. The number of rotatable bonds is 5. The highest BCUT2D eigenvalue weighted by Gasteiger charge is 2.50. The Hall–Kier alpha value is -2.02. The summed E-state index contributed by atoms with van der Waals surface area (Å²) >= 11 is 0. The number of amides is 1. The fraction of sp³-hybridized carbons (Fsp3) is 0.632. The highest BCUT2D eigenvalue weighted by Crippen LogP contribution is 2.52. The van der Waals surface area contributed by atoms with Crippen molar-refractivity contribution < 1.29 is 19.4 Å². The standard InChI is InChI=1S/C19H24FN3O3/c1-10(19(24)22-15-2-3-16(20)17(9-15)23(25)26)21-18-13-5-11-4-12(7-13)8-14(18)6-11/h2-3,9-14,18,21H,4-8H2,1H3,(H,22,24)/p+1/t10-,11?,12?,13?,14?,18?/m1/s1. The van der Waals surface area contributed by atoms with Crippen molar-refractivity contribution in [2.45, 2.75) is 51.1 Å². The van der Waals surface area contributed by atoms with Gasteiger partial charge in [0.25, 0.3) is 5.91 Å². The van der Waals surface area contributed by atoms with Crippen molar-refractivity contribution in [2.75, 3.05) is 5.32 Å². The number of nitrogens with two attached hydrogens (primary N) is 1. The first-order valence-electron chi connectivity index (χ1n) is 9.50. The van der Waals surface area contributed by atoms with Crippen molar-refractivity contribution in [1.29, 1.82) is 0 Å². The molecule has 26 heavy (non-hydrogen) atoms. The molecule has 0 unspecified atom stereocenters. The van der Waals surface area contributed by atoms with E-state index in [0.717, 1.165) is 24.0 Å². The van der Waals surface area contributed by atoms with Crippen LogP contribution in [0.15, 0.2) is 18.2 Å². The van der Waals surface area contributed by atoms with Gasteiger partial charge in [0.1, 0.15) is 0 Å². The van der Waals surface area contributed by atoms with Crippen LogP contribution < -0.4 is 10.6 Å². The summed E-state index contributed by atoms with van der Waals surface area (Å²) in [5.74, 6) is 2.12. The Labute approximate surface area is 151 Å². The average molecular weight is 362 g/mol. The first kappa shape index (κ1) is 17.4. The van der Waals surface area contributed by atoms with Gasteiger partial charge in [-0.05, 0) is 63.0 Å². The summed E-state index contributed by atoms with van der Waals surface area (Å²) < 4.78 is 13.4. The number of hydrogen-bond donors (Lipinski definition) is 2. The zero-order valence-electron chi connectivity index (χ0n) is 14.9. The maximum Gasteiger partial charge on any atom is 0.306 e. The Bertz CT molecular complexity index is 711. The quantitative estimate of drug-likeness (QED) is 0.623. The van der Waals surface area contributed by atoms with Crippen LogP contribution in [0.4, 0.5) is 15.8 Å². The topological polar surface area (TPSA) is 88.8 Å². The average Bonchev–Trinajstić information content (AvgIpc) is 2.58. The molecule has 4 fully saturated rings. The lowest BCUT2D eigenvalue weighted by atomic mass is 9.54. The minimum absolute atomic E-state index is 0.195. The van der Waals surface area contributed by atoms with Crippen molar-refractivity contribution in [2.24, 2.45) is 23.7 Å². The van der Waals surface area contributed by atoms with E-state index in [2.05, 4.69) is 10.6 Å². The van der Waals surface area contributed by atoms with E-state index in [1.54, 1.807) is 0 Å². The third-order valence-corrected chi connectivity index (χ3v) is 6.63. The zero-order chi connectivity index (χ0) is 18.4. The van der Waals surface area contributed by atoms with Crippen LogP contribution in [0.5, 0.6) is 0 Å². The van der Waals surface area contributed by atoms with Crippen LogP contribution in [-0.2, 0) is 4.79 Å². The Morgan fingerprint density at radius 2 is 1.85 bits per heavy atom. The summed E-state index contributed by atoms with van der Waals surface area (Å²) in [5.41, 5.74) is -0.367. The maximum absolute atomic E-state index is 13.4. The van der Waals surface area contributed by atoms with Gasteiger partial charge in [-0.2, -0.15) is 4.39 Å². The number of carbonyl (C=O) groups excluding carboxylic acids is 1. The summed E-state index contributed by atoms with van der Waals surface area (Å²) in [6, 6.07) is 3.67. The molecule has 7 heteroatoms. The smallest absolute Gasteiger partial charge is 0.306 e. The molecule has 0 saturated heterocycles. The molecule has 0 aromatic heterocycles. The van der Waals surface area contributed by atoms with Gasteiger partial charge in [-0.25, -0.2) is 0 Å². The second-order valence-electron chi connectivity index (χ2n) is 8.40. The molecule has 4 aliphatic carbocycles. The molecule has 6 nitrogen and oxygen atoms in total. The number of benzene rings is 1. The molecule has 0 radical (unpaired) electrons. The number of nitro benzene ring substituents is 1. The van der Waals surface area contributed by atoms with E-state index in [1.165, 1.54) is 38.2 Å². The normalized spacial score (nSPS) is 33.1. The van der Waals surface area contributed by atoms with Crippen LogP contribution in [0.2, 0.25) is 0 Å². The molecule has 4 bridgehead atoms. The molecule has 140 valence electrons. The van der Waals surface area contributed by atoms with Gasteiger partial charge in [-0.15, -0.1) is 0 Å². The highest BCUT2D eigenvalue weighted by atomic mass is 19.1. The van der Waals surface area contributed by atoms with E-state index in [9.17, 15) is 19.3 Å². The molecule has 1 atom stereocenters. The van der Waals surface area contributed by atoms with Gasteiger partial charge >= 0.3 is 5.69 Å². The fourth-order valence-corrected chi connectivity index (χ4v) is 5.69. The predicted octanol–water partition coefficient (Wildman–Crippen LogP) is 2.45. The van der Waals surface area contributed by atoms with E-state index < -0.39 is 16.4 Å². The van der Waals surface area contributed by atoms with Gasteiger partial charge in [0, 0.05) is 23.6 Å². The Morgan fingerprint density at radius 3 is 2.42 bits per heavy atom. The Kier molecular flexibility index (Phi) is 4.42. The lowest BCUT2D eigenvalue weighted by Crippen LogP contribution is -2.99. The lowest BCUT2D eigenvalue weighted by Gasteiger charge is -2.53. The van der Waals surface area contributed by atoms with E-state index >= 15 is 0 Å². The maximum atomic E-state index is 13.4. The minimum atomic E-state index is -0.902. The minimum Gasteiger partial charge on any atom is -0.333 e. The molecular formula is C19H25FN3O3+. The van der Waals surface area contributed by atoms with Crippen LogP contribution in [0.1, 0.15) is 39.0 Å². The van der Waals surface area contributed by atoms with Gasteiger partial charge in [-0.1, -0.05) is 0 Å². The van der Waals surface area contributed by atoms with Gasteiger partial charge in [0.2, 0.25) is 5.82 Å². The largest absolute Gasteiger partial charge is 0.333 e. The molecule has 1 aromatic carbocycles. The molecule has 4 saturated carbocycles. The highest BCUT2D eigenvalue weighted by molar-refractivity contribution is 5.93. The van der Waals surface area contributed by atoms with Crippen molar-refractivity contribution in [1.82, 2.24) is 0 Å². The van der Waals surface area contributed by atoms with Gasteiger partial charge in [0.15, 0.2) is 6.04 Å². The number of nitro groups is 1. The number of hydrogen-bond acceptors (Lipinski definition) is 3. The predicted molar refractivity (Wildman–Crippen MR) is 93.9 cm³/mol. The van der Waals surface area contributed by atoms with E-state index in [1.807, 2.05) is 6.92 Å². The summed E-state index contributed by atoms with van der Waals surface area (Å²) in [5, 5.41) is 15.7. The van der Waals surface area contributed by atoms with E-state index in [0.29, 0.717) is 17.9 Å². The second kappa shape index (κ2) is 6.61. The SMILES string of the molecule is C[C@@H]([NH2+]C1C2CC3CC(C2)CC1C3)C(=O)Nc1ccc(F)c([N+](=O)[O-])c1. The Balaban J connectivity index is 1.39. The molecular weight excluding hydrogens is 337 g/mol. The van der Waals surface area contributed by atoms with Crippen molar-refractivity contribution in [3.8, 4) is 0 Å². The number of nitrogens with one attached hydrogen (secondary N) is 1. The number of carbonyl (C=O) groups is 1. The molecule has 0 spiro atoms. The lowest BCUT2D eigenvalue weighted by molar-refractivity contribution is -0.724. The second-order valence-corrected chi connectivity index (χ2v) is 8.40. The van der Waals surface area contributed by atoms with Crippen LogP contribution in [0.25, 0.3) is 0 Å². The molecule has 3 N–H and O–H groups in total. The van der Waals surface area contributed by atoms with Crippen LogP contribution >= 0.6 is 0 Å². The van der Waals surface area contributed by atoms with Crippen LogP contribution in [0, 0.1) is 39.6 Å². The monoisotopic (exact) mass is 362 g/mol. The molecule has 4 aliphatic rings. The van der Waals surface area contributed by atoms with Crippen molar-refractivity contribution in [3.05, 3.63) is 34.1 Å². The fourth-order valence-electron chi connectivity index (χ4n) is 5.69. The molecule has 5 rings (SSSR count). The summed E-state index contributed by atoms with van der Waals surface area (Å²) in [6.07, 6.45) is 6.59. The van der Waals surface area contributed by atoms with Crippen LogP contribution in [0.3, 0.4) is 0 Å². The van der Waals surface area contributed by atoms with Gasteiger partial charge < -0.3 is 10.6 Å². The summed E-state index contributed by atoms with van der Waals surface area (Å²) in [4.78, 5) is 22.6.